The molecule has 2 rings (SSSR count). The highest BCUT2D eigenvalue weighted by atomic mass is 19.2. The fourth-order valence-electron chi connectivity index (χ4n) is 2.51. The number of benzene rings is 2. The number of nitriles is 1. The molecule has 1 unspecified atom stereocenters. The SMILES string of the molecule is CCC(=O)C(C#N)C(=O)Nc1ccc(-c2ccc(F)c(F)c2)c(C(=O)OC)c1. The van der Waals surface area contributed by atoms with Crippen LogP contribution in [-0.2, 0) is 14.3 Å². The fourth-order valence-corrected chi connectivity index (χ4v) is 2.51. The van der Waals surface area contributed by atoms with Gasteiger partial charge >= 0.3 is 5.97 Å². The van der Waals surface area contributed by atoms with Crippen molar-refractivity contribution in [3.05, 3.63) is 53.6 Å². The average Bonchev–Trinajstić information content (AvgIpc) is 2.69. The van der Waals surface area contributed by atoms with Crippen LogP contribution in [0.4, 0.5) is 14.5 Å². The Morgan fingerprint density at radius 2 is 1.86 bits per heavy atom. The van der Waals surface area contributed by atoms with Crippen LogP contribution in [-0.4, -0.2) is 24.8 Å². The molecule has 0 fully saturated rings. The van der Waals surface area contributed by atoms with Crippen molar-refractivity contribution in [1.29, 1.82) is 5.26 Å². The Labute approximate surface area is 159 Å². The summed E-state index contributed by atoms with van der Waals surface area (Å²) in [4.78, 5) is 36.0. The first kappa shape index (κ1) is 20.7. The molecule has 0 aliphatic rings. The molecule has 2 aromatic carbocycles. The summed E-state index contributed by atoms with van der Waals surface area (Å²) in [5.74, 6) is -5.72. The Morgan fingerprint density at radius 1 is 1.14 bits per heavy atom. The molecule has 0 bridgehead atoms. The lowest BCUT2D eigenvalue weighted by Gasteiger charge is -2.13. The van der Waals surface area contributed by atoms with E-state index in [1.807, 2.05) is 0 Å². The number of amides is 1. The van der Waals surface area contributed by atoms with Gasteiger partial charge in [-0.2, -0.15) is 5.26 Å². The topological polar surface area (TPSA) is 96.3 Å². The molecule has 144 valence electrons. The Morgan fingerprint density at radius 3 is 2.43 bits per heavy atom. The minimum Gasteiger partial charge on any atom is -0.465 e. The molecule has 0 aliphatic heterocycles. The second-order valence-corrected chi connectivity index (χ2v) is 5.75. The van der Waals surface area contributed by atoms with Crippen molar-refractivity contribution in [2.75, 3.05) is 12.4 Å². The van der Waals surface area contributed by atoms with E-state index in [4.69, 9.17) is 10.00 Å². The molecule has 0 saturated carbocycles. The second kappa shape index (κ2) is 8.86. The van der Waals surface area contributed by atoms with E-state index in [0.717, 1.165) is 19.2 Å². The van der Waals surface area contributed by atoms with E-state index in [1.54, 1.807) is 6.07 Å². The first-order valence-electron chi connectivity index (χ1n) is 8.23. The van der Waals surface area contributed by atoms with E-state index < -0.39 is 35.2 Å². The molecule has 8 heteroatoms. The van der Waals surface area contributed by atoms with Gasteiger partial charge in [0, 0.05) is 12.1 Å². The number of ketones is 1. The third-order valence-corrected chi connectivity index (χ3v) is 3.98. The van der Waals surface area contributed by atoms with Crippen LogP contribution >= 0.6 is 0 Å². The number of hydrogen-bond acceptors (Lipinski definition) is 5. The van der Waals surface area contributed by atoms with Gasteiger partial charge in [0.25, 0.3) is 0 Å². The number of nitrogens with one attached hydrogen (secondary N) is 1. The number of carbonyl (C=O) groups is 3. The summed E-state index contributed by atoms with van der Waals surface area (Å²) >= 11 is 0. The van der Waals surface area contributed by atoms with Crippen LogP contribution in [0.15, 0.2) is 36.4 Å². The third kappa shape index (κ3) is 4.38. The monoisotopic (exact) mass is 386 g/mol. The summed E-state index contributed by atoms with van der Waals surface area (Å²) in [5.41, 5.74) is 0.612. The van der Waals surface area contributed by atoms with Crippen molar-refractivity contribution >= 4 is 23.3 Å². The van der Waals surface area contributed by atoms with Gasteiger partial charge < -0.3 is 10.1 Å². The van der Waals surface area contributed by atoms with Gasteiger partial charge in [0.2, 0.25) is 5.91 Å². The molecule has 0 aromatic heterocycles. The lowest BCUT2D eigenvalue weighted by atomic mass is 9.98. The van der Waals surface area contributed by atoms with Gasteiger partial charge in [-0.3, -0.25) is 9.59 Å². The zero-order valence-corrected chi connectivity index (χ0v) is 15.1. The van der Waals surface area contributed by atoms with Crippen LogP contribution in [0.3, 0.4) is 0 Å². The molecular weight excluding hydrogens is 370 g/mol. The zero-order valence-electron chi connectivity index (χ0n) is 15.1. The molecule has 0 radical (unpaired) electrons. The van der Waals surface area contributed by atoms with Gasteiger partial charge in [0.05, 0.1) is 18.7 Å². The molecule has 1 atom stereocenters. The minimum absolute atomic E-state index is 0.0124. The van der Waals surface area contributed by atoms with Crippen LogP contribution in [0, 0.1) is 28.9 Å². The quantitative estimate of drug-likeness (QED) is 0.606. The molecule has 1 N–H and O–H groups in total. The van der Waals surface area contributed by atoms with Crippen LogP contribution < -0.4 is 5.32 Å². The highest BCUT2D eigenvalue weighted by Crippen LogP contribution is 2.28. The number of hydrogen-bond donors (Lipinski definition) is 1. The predicted octanol–water partition coefficient (Wildman–Crippen LogP) is 3.48. The van der Waals surface area contributed by atoms with E-state index in [-0.39, 0.29) is 28.8 Å². The number of carbonyl (C=O) groups excluding carboxylic acids is 3. The maximum atomic E-state index is 13.6. The van der Waals surface area contributed by atoms with Crippen molar-refractivity contribution in [2.45, 2.75) is 13.3 Å². The van der Waals surface area contributed by atoms with Crippen LogP contribution in [0.25, 0.3) is 11.1 Å². The summed E-state index contributed by atoms with van der Waals surface area (Å²) in [6.07, 6.45) is 0.0220. The number of rotatable bonds is 6. The van der Waals surface area contributed by atoms with E-state index in [9.17, 15) is 23.2 Å². The summed E-state index contributed by atoms with van der Waals surface area (Å²) in [6, 6.07) is 8.88. The van der Waals surface area contributed by atoms with Gasteiger partial charge in [-0.05, 0) is 35.4 Å². The Balaban J connectivity index is 2.43. The Bertz CT molecular complexity index is 983. The number of anilines is 1. The average molecular weight is 386 g/mol. The zero-order chi connectivity index (χ0) is 20.8. The van der Waals surface area contributed by atoms with Gasteiger partial charge in [0.15, 0.2) is 23.3 Å². The molecule has 28 heavy (non-hydrogen) atoms. The van der Waals surface area contributed by atoms with Gasteiger partial charge in [-0.1, -0.05) is 19.1 Å². The molecule has 0 spiro atoms. The third-order valence-electron chi connectivity index (χ3n) is 3.98. The number of ether oxygens (including phenoxy) is 1. The maximum Gasteiger partial charge on any atom is 0.338 e. The Kier molecular flexibility index (Phi) is 6.55. The molecule has 0 saturated heterocycles. The molecule has 6 nitrogen and oxygen atoms in total. The van der Waals surface area contributed by atoms with Gasteiger partial charge in [-0.15, -0.1) is 0 Å². The molecule has 2 aromatic rings. The molecular formula is C20H16F2N2O4. The van der Waals surface area contributed by atoms with Crippen molar-refractivity contribution in [1.82, 2.24) is 0 Å². The Hall–Kier alpha value is -3.60. The fraction of sp³-hybridized carbons (Fsp3) is 0.200. The smallest absolute Gasteiger partial charge is 0.338 e. The molecule has 0 aliphatic carbocycles. The lowest BCUT2D eigenvalue weighted by Crippen LogP contribution is -2.28. The lowest BCUT2D eigenvalue weighted by molar-refractivity contribution is -0.128. The van der Waals surface area contributed by atoms with Crippen LogP contribution in [0.1, 0.15) is 23.7 Å². The van der Waals surface area contributed by atoms with Crippen LogP contribution in [0.5, 0.6) is 0 Å². The van der Waals surface area contributed by atoms with Crippen molar-refractivity contribution in [3.8, 4) is 17.2 Å². The van der Waals surface area contributed by atoms with Crippen LogP contribution in [0.2, 0.25) is 0 Å². The summed E-state index contributed by atoms with van der Waals surface area (Å²) < 4.78 is 31.5. The molecule has 0 heterocycles. The first-order valence-corrected chi connectivity index (χ1v) is 8.23. The minimum atomic E-state index is -1.47. The number of halogens is 2. The standard InChI is InChI=1S/C20H16F2N2O4/c1-3-18(25)15(10-23)19(26)24-12-5-6-13(14(9-12)20(27)28-2)11-4-7-16(21)17(22)8-11/h4-9,15H,3H2,1-2H3,(H,24,26). The molecule has 1 amide bonds. The largest absolute Gasteiger partial charge is 0.465 e. The predicted molar refractivity (Wildman–Crippen MR) is 96.2 cm³/mol. The van der Waals surface area contributed by atoms with E-state index in [1.165, 1.54) is 31.2 Å². The number of methoxy groups -OCH3 is 1. The highest BCUT2D eigenvalue weighted by molar-refractivity contribution is 6.10. The maximum absolute atomic E-state index is 13.6. The van der Waals surface area contributed by atoms with E-state index in [0.29, 0.717) is 0 Å². The first-order chi connectivity index (χ1) is 13.3. The van der Waals surface area contributed by atoms with Crippen molar-refractivity contribution in [3.63, 3.8) is 0 Å². The highest BCUT2D eigenvalue weighted by Gasteiger charge is 2.25. The number of Topliss-reactive ketones (excluding diaryl/α,β-unsaturated/α-hetero) is 1. The van der Waals surface area contributed by atoms with Gasteiger partial charge in [-0.25, -0.2) is 13.6 Å². The summed E-state index contributed by atoms with van der Waals surface area (Å²) in [7, 11) is 1.15. The normalized spacial score (nSPS) is 11.2. The van der Waals surface area contributed by atoms with E-state index in [2.05, 4.69) is 5.32 Å². The second-order valence-electron chi connectivity index (χ2n) is 5.75. The summed E-state index contributed by atoms with van der Waals surface area (Å²) in [5, 5.41) is 11.4. The van der Waals surface area contributed by atoms with E-state index >= 15 is 0 Å². The van der Waals surface area contributed by atoms with Crippen molar-refractivity contribution < 1.29 is 27.9 Å². The summed E-state index contributed by atoms with van der Waals surface area (Å²) in [6.45, 7) is 1.53. The van der Waals surface area contributed by atoms with Crippen molar-refractivity contribution in [2.24, 2.45) is 5.92 Å². The number of nitrogens with zero attached hydrogens (tertiary/aromatic N) is 1. The number of esters is 1. The van der Waals surface area contributed by atoms with Gasteiger partial charge in [0.1, 0.15) is 0 Å².